The first kappa shape index (κ1) is 14.1. The predicted octanol–water partition coefficient (Wildman–Crippen LogP) is 2.23. The Morgan fingerprint density at radius 3 is 3.05 bits per heavy atom. The molecule has 0 bridgehead atoms. The number of ketones is 1. The molecule has 108 valence electrons. The fourth-order valence-corrected chi connectivity index (χ4v) is 2.54. The number of hydrogen-bond donors (Lipinski definition) is 0. The number of halogens is 1. The number of nitrogens with zero attached hydrogens (tertiary/aromatic N) is 2. The van der Waals surface area contributed by atoms with Gasteiger partial charge >= 0.3 is 5.97 Å². The third-order valence-electron chi connectivity index (χ3n) is 2.99. The molecule has 1 aliphatic heterocycles. The summed E-state index contributed by atoms with van der Waals surface area (Å²) in [4.78, 5) is 23.9. The average molecular weight is 398 g/mol. The van der Waals surface area contributed by atoms with E-state index in [0.717, 1.165) is 3.57 Å². The molecule has 0 unspecified atom stereocenters. The number of benzene rings is 1. The fraction of sp³-hybridized carbons (Fsp3) is 0.214. The van der Waals surface area contributed by atoms with Crippen molar-refractivity contribution in [2.24, 2.45) is 0 Å². The van der Waals surface area contributed by atoms with E-state index in [9.17, 15) is 9.59 Å². The molecule has 0 radical (unpaired) electrons. The van der Waals surface area contributed by atoms with Crippen molar-refractivity contribution in [1.82, 2.24) is 9.78 Å². The zero-order valence-electron chi connectivity index (χ0n) is 11.1. The summed E-state index contributed by atoms with van der Waals surface area (Å²) in [5, 5.41) is 4.20. The maximum Gasteiger partial charge on any atom is 0.358 e. The molecule has 0 saturated carbocycles. The number of aromatic nitrogens is 2. The quantitative estimate of drug-likeness (QED) is 0.573. The van der Waals surface area contributed by atoms with Gasteiger partial charge in [0.05, 0.1) is 6.61 Å². The minimum absolute atomic E-state index is 0.0818. The van der Waals surface area contributed by atoms with E-state index < -0.39 is 5.97 Å². The summed E-state index contributed by atoms with van der Waals surface area (Å²) in [6.07, 6.45) is 0. The molecule has 1 aliphatic rings. The summed E-state index contributed by atoms with van der Waals surface area (Å²) in [5.41, 5.74) is 1.07. The summed E-state index contributed by atoms with van der Waals surface area (Å²) in [6, 6.07) is 6.95. The van der Waals surface area contributed by atoms with Gasteiger partial charge in [-0.2, -0.15) is 5.10 Å². The zero-order valence-corrected chi connectivity index (χ0v) is 13.3. The number of carbonyl (C=O) groups is 2. The van der Waals surface area contributed by atoms with E-state index in [0.29, 0.717) is 17.1 Å². The molecule has 6 nitrogen and oxygen atoms in total. The Labute approximate surface area is 134 Å². The second-order valence-electron chi connectivity index (χ2n) is 4.37. The second kappa shape index (κ2) is 5.47. The molecule has 21 heavy (non-hydrogen) atoms. The normalized spacial score (nSPS) is 13.0. The predicted molar refractivity (Wildman–Crippen MR) is 82.1 cm³/mol. The van der Waals surface area contributed by atoms with E-state index >= 15 is 0 Å². The maximum atomic E-state index is 12.1. The summed E-state index contributed by atoms with van der Waals surface area (Å²) >= 11 is 2.16. The number of ether oxygens (including phenoxy) is 2. The van der Waals surface area contributed by atoms with E-state index in [1.54, 1.807) is 13.0 Å². The minimum atomic E-state index is -0.543. The summed E-state index contributed by atoms with van der Waals surface area (Å²) in [7, 11) is 0. The van der Waals surface area contributed by atoms with Gasteiger partial charge in [0.2, 0.25) is 5.78 Å². The molecule has 0 fully saturated rings. The largest absolute Gasteiger partial charge is 0.483 e. The van der Waals surface area contributed by atoms with Gasteiger partial charge in [-0.3, -0.25) is 4.79 Å². The number of Topliss-reactive ketones (excluding diaryl/α,β-unsaturated/α-hetero) is 1. The second-order valence-corrected chi connectivity index (χ2v) is 5.62. The minimum Gasteiger partial charge on any atom is -0.483 e. The van der Waals surface area contributed by atoms with E-state index in [1.807, 2.05) is 12.1 Å². The lowest BCUT2D eigenvalue weighted by atomic mass is 10.2. The van der Waals surface area contributed by atoms with Gasteiger partial charge in [-0.1, -0.05) is 0 Å². The fourth-order valence-electron chi connectivity index (χ4n) is 2.06. The van der Waals surface area contributed by atoms with Gasteiger partial charge < -0.3 is 9.47 Å². The number of hydrogen-bond acceptors (Lipinski definition) is 5. The maximum absolute atomic E-state index is 12.1. The molecule has 1 aromatic carbocycles. The van der Waals surface area contributed by atoms with Gasteiger partial charge in [-0.15, -0.1) is 0 Å². The van der Waals surface area contributed by atoms with Crippen LogP contribution in [0.25, 0.3) is 5.69 Å². The Kier molecular flexibility index (Phi) is 3.66. The number of fused-ring (bicyclic) bond motifs is 3. The Morgan fingerprint density at radius 1 is 1.48 bits per heavy atom. The molecule has 2 heterocycles. The van der Waals surface area contributed by atoms with Crippen LogP contribution in [-0.4, -0.2) is 34.7 Å². The van der Waals surface area contributed by atoms with Crippen molar-refractivity contribution in [2.75, 3.05) is 13.2 Å². The first-order chi connectivity index (χ1) is 10.1. The molecular weight excluding hydrogens is 387 g/mol. The van der Waals surface area contributed by atoms with E-state index in [-0.39, 0.29) is 24.7 Å². The molecule has 0 aliphatic carbocycles. The van der Waals surface area contributed by atoms with Crippen molar-refractivity contribution < 1.29 is 19.1 Å². The van der Waals surface area contributed by atoms with Gasteiger partial charge in [-0.25, -0.2) is 9.48 Å². The lowest BCUT2D eigenvalue weighted by Crippen LogP contribution is -2.11. The highest BCUT2D eigenvalue weighted by molar-refractivity contribution is 14.1. The molecule has 0 amide bonds. The number of rotatable bonds is 2. The van der Waals surface area contributed by atoms with Crippen LogP contribution in [0, 0.1) is 3.57 Å². The number of esters is 1. The van der Waals surface area contributed by atoms with Crippen molar-refractivity contribution >= 4 is 34.3 Å². The van der Waals surface area contributed by atoms with Crippen LogP contribution >= 0.6 is 22.6 Å². The third kappa shape index (κ3) is 2.53. The van der Waals surface area contributed by atoms with Crippen molar-refractivity contribution in [3.63, 3.8) is 0 Å². The summed E-state index contributed by atoms with van der Waals surface area (Å²) in [6.45, 7) is 1.89. The van der Waals surface area contributed by atoms with Crippen molar-refractivity contribution in [1.29, 1.82) is 0 Å². The van der Waals surface area contributed by atoms with Gasteiger partial charge in [0.15, 0.2) is 12.3 Å². The van der Waals surface area contributed by atoms with Gasteiger partial charge in [0, 0.05) is 9.64 Å². The van der Waals surface area contributed by atoms with Crippen molar-refractivity contribution in [3.05, 3.63) is 39.2 Å². The van der Waals surface area contributed by atoms with Crippen LogP contribution in [0.5, 0.6) is 5.75 Å². The Morgan fingerprint density at radius 2 is 2.29 bits per heavy atom. The molecule has 1 aromatic heterocycles. The third-order valence-corrected chi connectivity index (χ3v) is 3.66. The monoisotopic (exact) mass is 398 g/mol. The first-order valence-electron chi connectivity index (χ1n) is 6.33. The summed E-state index contributed by atoms with van der Waals surface area (Å²) < 4.78 is 12.8. The van der Waals surface area contributed by atoms with E-state index in [1.165, 1.54) is 10.7 Å². The van der Waals surface area contributed by atoms with Crippen molar-refractivity contribution in [3.8, 4) is 11.4 Å². The van der Waals surface area contributed by atoms with Crippen LogP contribution in [0.15, 0.2) is 24.3 Å². The standard InChI is InChI=1S/C14H11IN2O4/c1-2-20-14(19)9-6-10-12(18)7-21-13-4-3-8(15)5-11(13)17(10)16-9/h3-6H,2,7H2,1H3. The molecule has 0 N–H and O–H groups in total. The van der Waals surface area contributed by atoms with Gasteiger partial charge in [0.1, 0.15) is 17.1 Å². The van der Waals surface area contributed by atoms with Crippen LogP contribution in [-0.2, 0) is 4.74 Å². The molecule has 0 spiro atoms. The SMILES string of the molecule is CCOC(=O)c1cc2n(n1)-c1cc(I)ccc1OCC2=O. The van der Waals surface area contributed by atoms with E-state index in [4.69, 9.17) is 9.47 Å². The van der Waals surface area contributed by atoms with E-state index in [2.05, 4.69) is 27.7 Å². The molecule has 2 aromatic rings. The molecule has 7 heteroatoms. The number of carbonyl (C=O) groups excluding carboxylic acids is 2. The Balaban J connectivity index is 2.16. The van der Waals surface area contributed by atoms with Gasteiger partial charge in [-0.05, 0) is 47.7 Å². The molecule has 0 atom stereocenters. The van der Waals surface area contributed by atoms with Crippen LogP contribution in [0.4, 0.5) is 0 Å². The van der Waals surface area contributed by atoms with Crippen LogP contribution in [0.3, 0.4) is 0 Å². The molecule has 3 rings (SSSR count). The Hall–Kier alpha value is -1.90. The highest BCUT2D eigenvalue weighted by Gasteiger charge is 2.26. The summed E-state index contributed by atoms with van der Waals surface area (Å²) in [5.74, 6) is -0.218. The first-order valence-corrected chi connectivity index (χ1v) is 7.41. The lowest BCUT2D eigenvalue weighted by Gasteiger charge is -2.07. The Bertz CT molecular complexity index is 739. The molecule has 0 saturated heterocycles. The lowest BCUT2D eigenvalue weighted by molar-refractivity contribution is 0.0519. The zero-order chi connectivity index (χ0) is 15.0. The van der Waals surface area contributed by atoms with Gasteiger partial charge in [0.25, 0.3) is 0 Å². The molecular formula is C14H11IN2O4. The van der Waals surface area contributed by atoms with Crippen LogP contribution < -0.4 is 4.74 Å². The van der Waals surface area contributed by atoms with Crippen LogP contribution in [0.2, 0.25) is 0 Å². The smallest absolute Gasteiger partial charge is 0.358 e. The van der Waals surface area contributed by atoms with Crippen LogP contribution in [0.1, 0.15) is 27.9 Å². The highest BCUT2D eigenvalue weighted by atomic mass is 127. The average Bonchev–Trinajstić information content (AvgIpc) is 2.86. The van der Waals surface area contributed by atoms with Crippen molar-refractivity contribution in [2.45, 2.75) is 6.92 Å². The topological polar surface area (TPSA) is 70.4 Å². The highest BCUT2D eigenvalue weighted by Crippen LogP contribution is 2.29.